The number of pyridine rings is 2. The second-order valence-corrected chi connectivity index (χ2v) is 8.90. The van der Waals surface area contributed by atoms with Gasteiger partial charge < -0.3 is 20.1 Å². The van der Waals surface area contributed by atoms with Crippen molar-refractivity contribution >= 4 is 45.6 Å². The maximum absolute atomic E-state index is 11.9. The van der Waals surface area contributed by atoms with Crippen LogP contribution in [0.4, 0.5) is 5.82 Å². The molecule has 34 heavy (non-hydrogen) atoms. The number of ketones is 1. The van der Waals surface area contributed by atoms with Gasteiger partial charge in [0, 0.05) is 53.8 Å². The van der Waals surface area contributed by atoms with Gasteiger partial charge >= 0.3 is 0 Å². The number of piperidine rings is 1. The molecule has 1 saturated heterocycles. The predicted octanol–water partition coefficient (Wildman–Crippen LogP) is 5.16. The van der Waals surface area contributed by atoms with E-state index in [1.54, 1.807) is 18.5 Å². The standard InChI is InChI=1S/C25H26Cl2N4O3/c1-4-17(32)7-14-5-6-28-13-19(14)31-22-9-16-11-29-18(8-15(16)12-30-22)23-24(26)20(33-2)10-21(34-3)25(23)27/h4,8-12,14,19,28H,1,5-7,13H2,2-3H3,(H,30,31)/t14-,19-/m1/s1. The number of carbonyl (C=O) groups is 1. The first kappa shape index (κ1) is 24.3. The van der Waals surface area contributed by atoms with Crippen LogP contribution in [-0.2, 0) is 4.79 Å². The number of benzene rings is 1. The van der Waals surface area contributed by atoms with Crippen LogP contribution in [0.2, 0.25) is 10.0 Å². The molecule has 7 nitrogen and oxygen atoms in total. The molecule has 9 heteroatoms. The molecule has 2 N–H and O–H groups in total. The van der Waals surface area contributed by atoms with Gasteiger partial charge in [0.15, 0.2) is 5.78 Å². The summed E-state index contributed by atoms with van der Waals surface area (Å²) in [5.74, 6) is 1.91. The Bertz CT molecular complexity index is 1210. The fraction of sp³-hybridized carbons (Fsp3) is 0.320. The molecular weight excluding hydrogens is 475 g/mol. The number of allylic oxidation sites excluding steroid dienone is 1. The summed E-state index contributed by atoms with van der Waals surface area (Å²) < 4.78 is 10.7. The monoisotopic (exact) mass is 500 g/mol. The molecule has 0 radical (unpaired) electrons. The Kier molecular flexibility index (Phi) is 7.56. The van der Waals surface area contributed by atoms with Crippen molar-refractivity contribution in [3.63, 3.8) is 0 Å². The van der Waals surface area contributed by atoms with E-state index in [4.69, 9.17) is 32.7 Å². The first-order valence-electron chi connectivity index (χ1n) is 10.9. The minimum atomic E-state index is 0.0633. The number of fused-ring (bicyclic) bond motifs is 1. The number of aromatic nitrogens is 2. The van der Waals surface area contributed by atoms with Crippen molar-refractivity contribution < 1.29 is 14.3 Å². The van der Waals surface area contributed by atoms with E-state index in [1.807, 2.05) is 12.1 Å². The van der Waals surface area contributed by atoms with Gasteiger partial charge in [0.2, 0.25) is 0 Å². The number of nitrogens with one attached hydrogen (secondary N) is 2. The van der Waals surface area contributed by atoms with E-state index in [-0.39, 0.29) is 17.7 Å². The van der Waals surface area contributed by atoms with E-state index in [9.17, 15) is 4.79 Å². The topological polar surface area (TPSA) is 85.4 Å². The summed E-state index contributed by atoms with van der Waals surface area (Å²) in [4.78, 5) is 21.1. The van der Waals surface area contributed by atoms with Crippen LogP contribution in [-0.4, -0.2) is 49.1 Å². The Morgan fingerprint density at radius 1 is 1.15 bits per heavy atom. The van der Waals surface area contributed by atoms with Gasteiger partial charge in [-0.05, 0) is 37.1 Å². The summed E-state index contributed by atoms with van der Waals surface area (Å²) in [6.45, 7) is 5.25. The zero-order valence-corrected chi connectivity index (χ0v) is 20.5. The van der Waals surface area contributed by atoms with E-state index in [0.29, 0.717) is 39.2 Å². The van der Waals surface area contributed by atoms with Crippen LogP contribution in [0, 0.1) is 5.92 Å². The molecule has 1 aromatic carbocycles. The molecule has 0 aliphatic carbocycles. The third kappa shape index (κ3) is 4.97. The lowest BCUT2D eigenvalue weighted by Gasteiger charge is -2.32. The smallest absolute Gasteiger partial charge is 0.155 e. The average molecular weight is 501 g/mol. The van der Waals surface area contributed by atoms with E-state index in [2.05, 4.69) is 27.2 Å². The number of carbonyl (C=O) groups excluding carboxylic acids is 1. The van der Waals surface area contributed by atoms with Gasteiger partial charge in [-0.1, -0.05) is 29.8 Å². The van der Waals surface area contributed by atoms with E-state index in [1.165, 1.54) is 20.3 Å². The number of methoxy groups -OCH3 is 2. The summed E-state index contributed by atoms with van der Waals surface area (Å²) in [5, 5.41) is 9.37. The molecule has 0 saturated carbocycles. The molecule has 0 bridgehead atoms. The zero-order valence-electron chi connectivity index (χ0n) is 19.0. The van der Waals surface area contributed by atoms with Gasteiger partial charge in [-0.15, -0.1) is 0 Å². The maximum Gasteiger partial charge on any atom is 0.155 e. The SMILES string of the molecule is C=CC(=O)C[C@H]1CCNC[C@H]1Nc1cc2cnc(-c3c(Cl)c(OC)cc(OC)c3Cl)cc2cn1. The molecule has 0 spiro atoms. The van der Waals surface area contributed by atoms with E-state index in [0.717, 1.165) is 36.1 Å². The van der Waals surface area contributed by atoms with E-state index >= 15 is 0 Å². The third-order valence-electron chi connectivity index (χ3n) is 6.08. The molecule has 3 aromatic rings. The molecule has 0 unspecified atom stereocenters. The Labute approximate surface area is 208 Å². The van der Waals surface area contributed by atoms with Crippen LogP contribution in [0.1, 0.15) is 12.8 Å². The highest BCUT2D eigenvalue weighted by molar-refractivity contribution is 6.41. The fourth-order valence-electron chi connectivity index (χ4n) is 4.22. The Morgan fingerprint density at radius 3 is 2.50 bits per heavy atom. The van der Waals surface area contributed by atoms with Crippen molar-refractivity contribution in [2.24, 2.45) is 5.92 Å². The molecule has 2 aromatic heterocycles. The molecule has 4 rings (SSSR count). The summed E-state index contributed by atoms with van der Waals surface area (Å²) in [6, 6.07) is 5.57. The van der Waals surface area contributed by atoms with E-state index < -0.39 is 0 Å². The molecule has 1 aliphatic rings. The molecule has 178 valence electrons. The van der Waals surface area contributed by atoms with Crippen LogP contribution >= 0.6 is 23.2 Å². The number of hydrogen-bond acceptors (Lipinski definition) is 7. The number of nitrogens with zero attached hydrogens (tertiary/aromatic N) is 2. The molecule has 1 aliphatic heterocycles. The van der Waals surface area contributed by atoms with Crippen molar-refractivity contribution in [2.75, 3.05) is 32.6 Å². The summed E-state index contributed by atoms with van der Waals surface area (Å²) in [7, 11) is 3.06. The molecule has 1 fully saturated rings. The normalized spacial score (nSPS) is 17.9. The Balaban J connectivity index is 1.63. The first-order chi connectivity index (χ1) is 16.4. The lowest BCUT2D eigenvalue weighted by molar-refractivity contribution is -0.115. The number of hydrogen-bond donors (Lipinski definition) is 2. The van der Waals surface area contributed by atoms with Crippen LogP contribution in [0.25, 0.3) is 22.0 Å². The van der Waals surface area contributed by atoms with Crippen LogP contribution < -0.4 is 20.1 Å². The third-order valence-corrected chi connectivity index (χ3v) is 6.83. The largest absolute Gasteiger partial charge is 0.495 e. The van der Waals surface area contributed by atoms with Crippen molar-refractivity contribution in [2.45, 2.75) is 18.9 Å². The highest BCUT2D eigenvalue weighted by atomic mass is 35.5. The Morgan fingerprint density at radius 2 is 1.82 bits per heavy atom. The van der Waals surface area contributed by atoms with Crippen LogP contribution in [0.5, 0.6) is 11.5 Å². The fourth-order valence-corrected chi connectivity index (χ4v) is 4.92. The minimum absolute atomic E-state index is 0.0633. The zero-order chi connectivity index (χ0) is 24.2. The number of ether oxygens (including phenoxy) is 2. The van der Waals surface area contributed by atoms with Gasteiger partial charge in [0.05, 0.1) is 30.0 Å². The van der Waals surface area contributed by atoms with Gasteiger partial charge in [0.25, 0.3) is 0 Å². The molecule has 0 amide bonds. The highest BCUT2D eigenvalue weighted by Crippen LogP contribution is 2.45. The summed E-state index contributed by atoms with van der Waals surface area (Å²) in [6.07, 6.45) is 6.33. The lowest BCUT2D eigenvalue weighted by atomic mass is 9.88. The minimum Gasteiger partial charge on any atom is -0.495 e. The predicted molar refractivity (Wildman–Crippen MR) is 136 cm³/mol. The quantitative estimate of drug-likeness (QED) is 0.413. The summed E-state index contributed by atoms with van der Waals surface area (Å²) >= 11 is 13.1. The second kappa shape index (κ2) is 10.6. The highest BCUT2D eigenvalue weighted by Gasteiger charge is 2.26. The maximum atomic E-state index is 11.9. The second-order valence-electron chi connectivity index (χ2n) is 8.15. The molecule has 3 heterocycles. The van der Waals surface area contributed by atoms with Gasteiger partial charge in [-0.3, -0.25) is 9.78 Å². The van der Waals surface area contributed by atoms with Gasteiger partial charge in [0.1, 0.15) is 17.3 Å². The van der Waals surface area contributed by atoms with Gasteiger partial charge in [-0.2, -0.15) is 0 Å². The summed E-state index contributed by atoms with van der Waals surface area (Å²) in [5.41, 5.74) is 1.12. The average Bonchev–Trinajstić information content (AvgIpc) is 2.85. The Hall–Kier alpha value is -2.87. The number of rotatable bonds is 8. The van der Waals surface area contributed by atoms with Gasteiger partial charge in [-0.25, -0.2) is 4.98 Å². The number of halogens is 2. The van der Waals surface area contributed by atoms with Crippen molar-refractivity contribution in [3.8, 4) is 22.8 Å². The van der Waals surface area contributed by atoms with Crippen molar-refractivity contribution in [1.82, 2.24) is 15.3 Å². The first-order valence-corrected chi connectivity index (χ1v) is 11.7. The van der Waals surface area contributed by atoms with Crippen LogP contribution in [0.15, 0.2) is 43.2 Å². The molecular formula is C25H26Cl2N4O3. The van der Waals surface area contributed by atoms with Crippen molar-refractivity contribution in [1.29, 1.82) is 0 Å². The number of anilines is 1. The lowest BCUT2D eigenvalue weighted by Crippen LogP contribution is -2.45. The van der Waals surface area contributed by atoms with Crippen molar-refractivity contribution in [3.05, 3.63) is 53.3 Å². The molecule has 2 atom stereocenters. The van der Waals surface area contributed by atoms with Crippen LogP contribution in [0.3, 0.4) is 0 Å².